The minimum atomic E-state index is -0.216. The summed E-state index contributed by atoms with van der Waals surface area (Å²) >= 11 is 0. The Kier molecular flexibility index (Phi) is 11.4. The van der Waals surface area contributed by atoms with Crippen LogP contribution in [0.3, 0.4) is 0 Å². The number of halogens is 2. The number of hydrogen-bond acceptors (Lipinski definition) is 2. The van der Waals surface area contributed by atoms with Crippen molar-refractivity contribution in [1.29, 1.82) is 0 Å². The molecule has 0 fully saturated rings. The zero-order valence-electron chi connectivity index (χ0n) is 15.7. The van der Waals surface area contributed by atoms with Crippen LogP contribution in [-0.2, 0) is 11.2 Å². The first-order valence-corrected chi connectivity index (χ1v) is 8.27. The molecule has 0 unspecified atom stereocenters. The highest BCUT2D eigenvalue weighted by Gasteiger charge is 2.06. The third-order valence-electron chi connectivity index (χ3n) is 3.54. The molecule has 25 heavy (non-hydrogen) atoms. The van der Waals surface area contributed by atoms with E-state index in [-0.39, 0.29) is 42.2 Å². The van der Waals surface area contributed by atoms with E-state index in [0.717, 1.165) is 24.1 Å². The monoisotopic (exact) mass is 464 g/mol. The van der Waals surface area contributed by atoms with Crippen molar-refractivity contribution >= 4 is 35.8 Å². The zero-order chi connectivity index (χ0) is 18.1. The molecule has 0 spiro atoms. The summed E-state index contributed by atoms with van der Waals surface area (Å²) in [4.78, 5) is 17.5. The maximum atomic E-state index is 13.1. The van der Waals surface area contributed by atoms with Crippen LogP contribution in [0.25, 0.3) is 0 Å². The highest BCUT2D eigenvalue weighted by Crippen LogP contribution is 2.10. The van der Waals surface area contributed by atoms with E-state index in [1.807, 2.05) is 6.92 Å². The zero-order valence-corrected chi connectivity index (χ0v) is 18.1. The average Bonchev–Trinajstić information content (AvgIpc) is 2.50. The quantitative estimate of drug-likeness (QED) is 0.371. The first-order chi connectivity index (χ1) is 11.3. The molecule has 0 bridgehead atoms. The van der Waals surface area contributed by atoms with Crippen LogP contribution in [0.1, 0.15) is 25.0 Å². The number of aryl methyl sites for hydroxylation is 1. The second-order valence-corrected chi connectivity index (χ2v) is 6.48. The Hall–Kier alpha value is -1.38. The van der Waals surface area contributed by atoms with E-state index in [2.05, 4.69) is 29.5 Å². The van der Waals surface area contributed by atoms with Crippen molar-refractivity contribution in [2.75, 3.05) is 33.7 Å². The number of hydrogen-bond donors (Lipinski definition) is 2. The Morgan fingerprint density at radius 3 is 2.52 bits per heavy atom. The fourth-order valence-electron chi connectivity index (χ4n) is 2.02. The summed E-state index contributed by atoms with van der Waals surface area (Å²) in [6.45, 7) is 7.66. The van der Waals surface area contributed by atoms with Crippen molar-refractivity contribution in [3.63, 3.8) is 0 Å². The number of nitrogens with zero attached hydrogens (tertiary/aromatic N) is 2. The van der Waals surface area contributed by atoms with Gasteiger partial charge in [-0.05, 0) is 42.5 Å². The van der Waals surface area contributed by atoms with E-state index in [1.54, 1.807) is 20.2 Å². The van der Waals surface area contributed by atoms with Crippen molar-refractivity contribution in [3.05, 3.63) is 35.1 Å². The second kappa shape index (κ2) is 12.1. The molecule has 0 aromatic heterocycles. The van der Waals surface area contributed by atoms with Gasteiger partial charge in [-0.2, -0.15) is 0 Å². The third-order valence-corrected chi connectivity index (χ3v) is 3.54. The summed E-state index contributed by atoms with van der Waals surface area (Å²) in [6.07, 6.45) is 0.760. The van der Waals surface area contributed by atoms with Crippen molar-refractivity contribution in [2.45, 2.75) is 27.2 Å². The van der Waals surface area contributed by atoms with Gasteiger partial charge in [0.05, 0.1) is 0 Å². The summed E-state index contributed by atoms with van der Waals surface area (Å²) in [5, 5.41) is 6.47. The first kappa shape index (κ1) is 23.6. The number of likely N-dealkylation sites (N-methyl/N-ethyl adjacent to an activating group) is 1. The molecule has 5 nitrogen and oxygen atoms in total. The fraction of sp³-hybridized carbons (Fsp3) is 0.556. The lowest BCUT2D eigenvalue weighted by Crippen LogP contribution is -2.41. The van der Waals surface area contributed by atoms with Crippen LogP contribution in [0.5, 0.6) is 0 Å². The second-order valence-electron chi connectivity index (χ2n) is 6.48. The predicted molar refractivity (Wildman–Crippen MR) is 112 cm³/mol. The number of guanidine groups is 1. The van der Waals surface area contributed by atoms with Gasteiger partial charge in [0, 0.05) is 27.2 Å². The largest absolute Gasteiger partial charge is 0.356 e. The van der Waals surface area contributed by atoms with E-state index in [1.165, 1.54) is 17.0 Å². The number of benzene rings is 1. The van der Waals surface area contributed by atoms with Crippen LogP contribution in [0.2, 0.25) is 0 Å². The Morgan fingerprint density at radius 1 is 1.28 bits per heavy atom. The Labute approximate surface area is 167 Å². The fourth-order valence-corrected chi connectivity index (χ4v) is 2.02. The predicted octanol–water partition coefficient (Wildman–Crippen LogP) is 2.57. The first-order valence-electron chi connectivity index (χ1n) is 8.27. The van der Waals surface area contributed by atoms with Crippen LogP contribution >= 0.6 is 24.0 Å². The maximum absolute atomic E-state index is 13.1. The molecule has 0 saturated heterocycles. The van der Waals surface area contributed by atoms with E-state index in [0.29, 0.717) is 18.4 Å². The summed E-state index contributed by atoms with van der Waals surface area (Å²) in [6, 6.07) is 4.82. The van der Waals surface area contributed by atoms with Gasteiger partial charge >= 0.3 is 0 Å². The lowest BCUT2D eigenvalue weighted by atomic mass is 10.1. The number of nitrogens with one attached hydrogen (secondary N) is 2. The maximum Gasteiger partial charge on any atom is 0.243 e. The van der Waals surface area contributed by atoms with Crippen molar-refractivity contribution in [3.8, 4) is 0 Å². The van der Waals surface area contributed by atoms with Crippen LogP contribution < -0.4 is 10.6 Å². The molecular weight excluding hydrogens is 434 g/mol. The Bertz CT molecular complexity index is 576. The van der Waals surface area contributed by atoms with Gasteiger partial charge in [-0.25, -0.2) is 9.38 Å². The van der Waals surface area contributed by atoms with E-state index >= 15 is 0 Å². The minimum Gasteiger partial charge on any atom is -0.356 e. The molecule has 0 aliphatic heterocycles. The molecule has 0 atom stereocenters. The van der Waals surface area contributed by atoms with Gasteiger partial charge in [-0.1, -0.05) is 19.9 Å². The van der Waals surface area contributed by atoms with Gasteiger partial charge in [-0.15, -0.1) is 24.0 Å². The van der Waals surface area contributed by atoms with Crippen LogP contribution in [0, 0.1) is 18.7 Å². The average molecular weight is 464 g/mol. The van der Waals surface area contributed by atoms with Crippen LogP contribution in [0.15, 0.2) is 23.2 Å². The van der Waals surface area contributed by atoms with Gasteiger partial charge < -0.3 is 15.5 Å². The summed E-state index contributed by atoms with van der Waals surface area (Å²) in [5.74, 6) is 0.835. The SMILES string of the molecule is Cc1cc(F)ccc1CCNC(=NCC(=O)N(C)C)NCC(C)C.I. The molecular formula is C18H30FIN4O. The smallest absolute Gasteiger partial charge is 0.243 e. The van der Waals surface area contributed by atoms with Gasteiger partial charge in [0.25, 0.3) is 0 Å². The molecule has 2 N–H and O–H groups in total. The normalized spacial score (nSPS) is 11.1. The Balaban J connectivity index is 0.00000576. The third kappa shape index (κ3) is 9.62. The van der Waals surface area contributed by atoms with Crippen LogP contribution in [0.4, 0.5) is 4.39 Å². The van der Waals surface area contributed by atoms with Gasteiger partial charge in [-0.3, -0.25) is 4.79 Å². The lowest BCUT2D eigenvalue weighted by molar-refractivity contribution is -0.127. The molecule has 1 aromatic rings. The van der Waals surface area contributed by atoms with Crippen LogP contribution in [-0.4, -0.2) is 50.5 Å². The number of carbonyl (C=O) groups excluding carboxylic acids is 1. The molecule has 142 valence electrons. The number of carbonyl (C=O) groups is 1. The standard InChI is InChI=1S/C18H29FN4O.HI/c1-13(2)11-21-18(22-12-17(24)23(4)5)20-9-8-15-6-7-16(19)10-14(15)3;/h6-7,10,13H,8-9,11-12H2,1-5H3,(H2,20,21,22);1H. The molecule has 0 saturated carbocycles. The van der Waals surface area contributed by atoms with Gasteiger partial charge in [0.15, 0.2) is 5.96 Å². The number of rotatable bonds is 7. The molecule has 0 heterocycles. The molecule has 0 aliphatic rings. The van der Waals surface area contributed by atoms with Gasteiger partial charge in [0.1, 0.15) is 12.4 Å². The van der Waals surface area contributed by atoms with Crippen molar-refractivity contribution < 1.29 is 9.18 Å². The van der Waals surface area contributed by atoms with Gasteiger partial charge in [0.2, 0.25) is 5.91 Å². The minimum absolute atomic E-state index is 0. The van der Waals surface area contributed by atoms with Crippen molar-refractivity contribution in [2.24, 2.45) is 10.9 Å². The highest BCUT2D eigenvalue weighted by molar-refractivity contribution is 14.0. The number of amides is 1. The summed E-state index contributed by atoms with van der Waals surface area (Å²) in [5.41, 5.74) is 2.03. The molecule has 1 aromatic carbocycles. The topological polar surface area (TPSA) is 56.7 Å². The summed E-state index contributed by atoms with van der Waals surface area (Å²) < 4.78 is 13.1. The summed E-state index contributed by atoms with van der Waals surface area (Å²) in [7, 11) is 3.42. The molecule has 0 radical (unpaired) electrons. The van der Waals surface area contributed by atoms with E-state index < -0.39 is 0 Å². The van der Waals surface area contributed by atoms with Crippen molar-refractivity contribution in [1.82, 2.24) is 15.5 Å². The lowest BCUT2D eigenvalue weighted by Gasteiger charge is -2.15. The molecule has 0 aliphatic carbocycles. The van der Waals surface area contributed by atoms with E-state index in [9.17, 15) is 9.18 Å². The molecule has 1 amide bonds. The molecule has 1 rings (SSSR count). The highest BCUT2D eigenvalue weighted by atomic mass is 127. The van der Waals surface area contributed by atoms with E-state index in [4.69, 9.17) is 0 Å². The molecule has 7 heteroatoms. The Morgan fingerprint density at radius 2 is 1.96 bits per heavy atom. The number of aliphatic imine (C=N–C) groups is 1.